The number of benzene rings is 1. The molecule has 90 valence electrons. The van der Waals surface area contributed by atoms with Gasteiger partial charge in [0.2, 0.25) is 0 Å². The summed E-state index contributed by atoms with van der Waals surface area (Å²) in [7, 11) is 1.59. The first-order chi connectivity index (χ1) is 8.08. The zero-order valence-corrected chi connectivity index (χ0v) is 11.6. The zero-order chi connectivity index (χ0) is 12.8. The van der Waals surface area contributed by atoms with Gasteiger partial charge in [0.15, 0.2) is 0 Å². The summed E-state index contributed by atoms with van der Waals surface area (Å²) in [6, 6.07) is 5.70. The molecule has 0 fully saturated rings. The maximum atomic E-state index is 10.7. The van der Waals surface area contributed by atoms with Gasteiger partial charge >= 0.3 is 5.97 Å². The van der Waals surface area contributed by atoms with Gasteiger partial charge in [-0.25, -0.2) is 0 Å². The van der Waals surface area contributed by atoms with Crippen LogP contribution in [0, 0.1) is 21.8 Å². The Morgan fingerprint density at radius 1 is 1.65 bits per heavy atom. The van der Waals surface area contributed by atoms with Crippen LogP contribution in [0.4, 0.5) is 0 Å². The largest absolute Gasteiger partial charge is 0.496 e. The van der Waals surface area contributed by atoms with Crippen LogP contribution in [0.1, 0.15) is 12.0 Å². The third-order valence-electron chi connectivity index (χ3n) is 2.40. The molecule has 0 amide bonds. The van der Waals surface area contributed by atoms with Crippen molar-refractivity contribution in [2.45, 2.75) is 12.8 Å². The topological polar surface area (TPSA) is 46.5 Å². The molecule has 1 rings (SSSR count). The van der Waals surface area contributed by atoms with Crippen molar-refractivity contribution >= 4 is 28.6 Å². The lowest BCUT2D eigenvalue weighted by Gasteiger charge is -2.13. The van der Waals surface area contributed by atoms with Crippen molar-refractivity contribution in [3.63, 3.8) is 0 Å². The van der Waals surface area contributed by atoms with Gasteiger partial charge in [0.25, 0.3) is 0 Å². The van der Waals surface area contributed by atoms with Gasteiger partial charge in [-0.1, -0.05) is 6.07 Å². The second-order valence-electron chi connectivity index (χ2n) is 3.59. The van der Waals surface area contributed by atoms with E-state index in [1.54, 1.807) is 7.11 Å². The molecule has 1 atom stereocenters. The molecule has 1 aromatic carbocycles. The fourth-order valence-corrected chi connectivity index (χ4v) is 2.27. The van der Waals surface area contributed by atoms with Gasteiger partial charge in [-0.15, -0.1) is 12.3 Å². The van der Waals surface area contributed by atoms with Crippen LogP contribution in [0.15, 0.2) is 18.2 Å². The van der Waals surface area contributed by atoms with E-state index in [0.29, 0.717) is 6.42 Å². The van der Waals surface area contributed by atoms with Crippen molar-refractivity contribution in [2.24, 2.45) is 5.92 Å². The fourth-order valence-electron chi connectivity index (χ4n) is 1.58. The Balaban J connectivity index is 2.93. The Hall–Kier alpha value is -1.22. The first-order valence-corrected chi connectivity index (χ1v) is 6.15. The molecular formula is C13H13IO3. The molecule has 0 bridgehead atoms. The number of carbonyl (C=O) groups is 1. The molecule has 1 N–H and O–H groups in total. The summed E-state index contributed by atoms with van der Waals surface area (Å²) in [5.74, 6) is 2.09. The van der Waals surface area contributed by atoms with E-state index in [2.05, 4.69) is 28.5 Å². The molecule has 0 aromatic heterocycles. The lowest BCUT2D eigenvalue weighted by atomic mass is 9.96. The SMILES string of the molecule is C#CC(CC(=O)O)Cc1c(I)cccc1OC. The minimum atomic E-state index is -0.877. The van der Waals surface area contributed by atoms with Gasteiger partial charge < -0.3 is 9.84 Å². The molecule has 17 heavy (non-hydrogen) atoms. The number of carboxylic acids is 1. The standard InChI is InChI=1S/C13H13IO3/c1-3-9(8-13(15)16)7-10-11(14)5-4-6-12(10)17-2/h1,4-6,9H,7-8H2,2H3,(H,15,16). The molecule has 0 aliphatic heterocycles. The summed E-state index contributed by atoms with van der Waals surface area (Å²) in [5, 5.41) is 8.76. The smallest absolute Gasteiger partial charge is 0.304 e. The van der Waals surface area contributed by atoms with Gasteiger partial charge in [0.1, 0.15) is 5.75 Å². The van der Waals surface area contributed by atoms with Crippen molar-refractivity contribution < 1.29 is 14.6 Å². The van der Waals surface area contributed by atoms with Crippen molar-refractivity contribution in [1.82, 2.24) is 0 Å². The van der Waals surface area contributed by atoms with Crippen LogP contribution in [-0.2, 0) is 11.2 Å². The summed E-state index contributed by atoms with van der Waals surface area (Å²) in [6.45, 7) is 0. The van der Waals surface area contributed by atoms with Crippen molar-refractivity contribution in [1.29, 1.82) is 0 Å². The molecular weight excluding hydrogens is 331 g/mol. The van der Waals surface area contributed by atoms with E-state index in [0.717, 1.165) is 14.9 Å². The highest BCUT2D eigenvalue weighted by molar-refractivity contribution is 14.1. The minimum absolute atomic E-state index is 0.0232. The number of carboxylic acid groups (broad SMARTS) is 1. The molecule has 0 spiro atoms. The molecule has 1 unspecified atom stereocenters. The van der Waals surface area contributed by atoms with E-state index >= 15 is 0 Å². The highest BCUT2D eigenvalue weighted by atomic mass is 127. The van der Waals surface area contributed by atoms with Crippen molar-refractivity contribution in [2.75, 3.05) is 7.11 Å². The van der Waals surface area contributed by atoms with Gasteiger partial charge in [0, 0.05) is 15.1 Å². The van der Waals surface area contributed by atoms with E-state index in [9.17, 15) is 4.79 Å². The molecule has 3 nitrogen and oxygen atoms in total. The maximum absolute atomic E-state index is 10.7. The number of methoxy groups -OCH3 is 1. The average Bonchev–Trinajstić information content (AvgIpc) is 2.29. The zero-order valence-electron chi connectivity index (χ0n) is 9.44. The van der Waals surface area contributed by atoms with Crippen LogP contribution in [0.5, 0.6) is 5.75 Å². The Bertz CT molecular complexity index is 448. The monoisotopic (exact) mass is 344 g/mol. The third kappa shape index (κ3) is 3.93. The van der Waals surface area contributed by atoms with Gasteiger partial charge in [0.05, 0.1) is 13.5 Å². The molecule has 0 saturated carbocycles. The van der Waals surface area contributed by atoms with E-state index in [-0.39, 0.29) is 12.3 Å². The average molecular weight is 344 g/mol. The number of aliphatic carboxylic acids is 1. The first-order valence-electron chi connectivity index (χ1n) is 5.07. The molecule has 0 radical (unpaired) electrons. The predicted octanol–water partition coefficient (Wildman–Crippen LogP) is 2.57. The Morgan fingerprint density at radius 3 is 2.88 bits per heavy atom. The van der Waals surface area contributed by atoms with Gasteiger partial charge in [-0.3, -0.25) is 4.79 Å². The minimum Gasteiger partial charge on any atom is -0.496 e. The lowest BCUT2D eigenvalue weighted by Crippen LogP contribution is -2.10. The highest BCUT2D eigenvalue weighted by Gasteiger charge is 2.15. The van der Waals surface area contributed by atoms with Gasteiger partial charge in [-0.05, 0) is 41.1 Å². The van der Waals surface area contributed by atoms with Crippen LogP contribution in [0.25, 0.3) is 0 Å². The molecule has 0 saturated heterocycles. The number of ether oxygens (including phenoxy) is 1. The predicted molar refractivity (Wildman–Crippen MR) is 74.0 cm³/mol. The number of halogens is 1. The van der Waals surface area contributed by atoms with Crippen LogP contribution in [0.3, 0.4) is 0 Å². The van der Waals surface area contributed by atoms with Crippen molar-refractivity contribution in [3.05, 3.63) is 27.3 Å². The number of terminal acetylenes is 1. The third-order valence-corrected chi connectivity index (χ3v) is 3.41. The second kappa shape index (κ2) is 6.50. The van der Waals surface area contributed by atoms with E-state index in [1.165, 1.54) is 0 Å². The maximum Gasteiger partial charge on any atom is 0.304 e. The Morgan fingerprint density at radius 2 is 2.35 bits per heavy atom. The summed E-state index contributed by atoms with van der Waals surface area (Å²) < 4.78 is 6.29. The van der Waals surface area contributed by atoms with Crippen molar-refractivity contribution in [3.8, 4) is 18.1 Å². The highest BCUT2D eigenvalue weighted by Crippen LogP contribution is 2.27. The van der Waals surface area contributed by atoms with Crippen LogP contribution in [0.2, 0.25) is 0 Å². The molecule has 1 aromatic rings. The quantitative estimate of drug-likeness (QED) is 0.660. The number of rotatable bonds is 5. The molecule has 0 aliphatic carbocycles. The van der Waals surface area contributed by atoms with Gasteiger partial charge in [-0.2, -0.15) is 0 Å². The van der Waals surface area contributed by atoms with E-state index in [1.807, 2.05) is 18.2 Å². The van der Waals surface area contributed by atoms with Crippen LogP contribution >= 0.6 is 22.6 Å². The summed E-state index contributed by atoms with van der Waals surface area (Å²) >= 11 is 2.20. The number of hydrogen-bond acceptors (Lipinski definition) is 2. The lowest BCUT2D eigenvalue weighted by molar-refractivity contribution is -0.137. The summed E-state index contributed by atoms with van der Waals surface area (Å²) in [6.07, 6.45) is 5.85. The Labute approximate surface area is 114 Å². The van der Waals surface area contributed by atoms with Crippen LogP contribution < -0.4 is 4.74 Å². The number of hydrogen-bond donors (Lipinski definition) is 1. The fraction of sp³-hybridized carbons (Fsp3) is 0.308. The summed E-state index contributed by atoms with van der Waals surface area (Å²) in [4.78, 5) is 10.7. The normalized spacial score (nSPS) is 11.6. The molecule has 0 heterocycles. The van der Waals surface area contributed by atoms with E-state index in [4.69, 9.17) is 16.3 Å². The van der Waals surface area contributed by atoms with Crippen LogP contribution in [-0.4, -0.2) is 18.2 Å². The molecule has 0 aliphatic rings. The first kappa shape index (κ1) is 13.8. The summed E-state index contributed by atoms with van der Waals surface area (Å²) in [5.41, 5.74) is 0.972. The Kier molecular flexibility index (Phi) is 5.29. The second-order valence-corrected chi connectivity index (χ2v) is 4.75. The molecule has 4 heteroatoms. The van der Waals surface area contributed by atoms with E-state index < -0.39 is 5.97 Å².